The topological polar surface area (TPSA) is 49.4 Å². The third kappa shape index (κ3) is 4.34. The highest BCUT2D eigenvalue weighted by Gasteiger charge is 2.40. The largest absolute Gasteiger partial charge is 0.350 e. The van der Waals surface area contributed by atoms with Crippen LogP contribution in [-0.2, 0) is 15.0 Å². The zero-order valence-electron chi connectivity index (χ0n) is 20.1. The molecule has 0 radical (unpaired) electrons. The lowest BCUT2D eigenvalue weighted by Crippen LogP contribution is -2.32. The van der Waals surface area contributed by atoms with Crippen molar-refractivity contribution in [3.8, 4) is 0 Å². The Morgan fingerprint density at radius 2 is 1.42 bits per heavy atom. The van der Waals surface area contributed by atoms with Crippen LogP contribution in [0.25, 0.3) is 5.57 Å². The van der Waals surface area contributed by atoms with Gasteiger partial charge < -0.3 is 5.32 Å². The number of carbonyl (C=O) groups excluding carboxylic acids is 2. The molecule has 0 unspecified atom stereocenters. The maximum atomic E-state index is 13.7. The molecule has 4 rings (SSSR count). The molecule has 1 aliphatic rings. The van der Waals surface area contributed by atoms with Crippen LogP contribution in [0.3, 0.4) is 0 Å². The van der Waals surface area contributed by atoms with E-state index in [0.29, 0.717) is 17.0 Å². The lowest BCUT2D eigenvalue weighted by Gasteiger charge is -2.19. The van der Waals surface area contributed by atoms with E-state index in [0.717, 1.165) is 27.9 Å². The van der Waals surface area contributed by atoms with E-state index in [9.17, 15) is 9.59 Å². The molecule has 0 aromatic heterocycles. The first-order chi connectivity index (χ1) is 15.6. The Kier molecular flexibility index (Phi) is 5.71. The fraction of sp³-hybridized carbons (Fsp3) is 0.241. The number of amides is 2. The molecule has 2 amide bonds. The number of benzene rings is 3. The number of rotatable bonds is 4. The molecule has 1 N–H and O–H groups in total. The van der Waals surface area contributed by atoms with E-state index in [1.807, 2.05) is 69.3 Å². The van der Waals surface area contributed by atoms with E-state index >= 15 is 0 Å². The van der Waals surface area contributed by atoms with E-state index < -0.39 is 0 Å². The predicted molar refractivity (Wildman–Crippen MR) is 135 cm³/mol. The van der Waals surface area contributed by atoms with Gasteiger partial charge in [-0.3, -0.25) is 9.59 Å². The lowest BCUT2D eigenvalue weighted by molar-refractivity contribution is -0.120. The lowest BCUT2D eigenvalue weighted by atomic mass is 9.87. The SMILES string of the molecule is Cc1cccc(N2C(=O)C(Nc3ccc(C(C)(C)C)cc3)=C(c3ccc(C)cc3C)C2=O)c1. The number of carbonyl (C=O) groups is 2. The van der Waals surface area contributed by atoms with Crippen LogP contribution < -0.4 is 10.2 Å². The van der Waals surface area contributed by atoms with Crippen molar-refractivity contribution in [1.82, 2.24) is 0 Å². The molecule has 0 spiro atoms. The van der Waals surface area contributed by atoms with Crippen molar-refractivity contribution >= 4 is 28.8 Å². The molecule has 1 aliphatic heterocycles. The van der Waals surface area contributed by atoms with Gasteiger partial charge >= 0.3 is 0 Å². The highest BCUT2D eigenvalue weighted by atomic mass is 16.2. The van der Waals surface area contributed by atoms with E-state index in [1.165, 1.54) is 10.5 Å². The van der Waals surface area contributed by atoms with Crippen molar-refractivity contribution in [2.75, 3.05) is 10.2 Å². The van der Waals surface area contributed by atoms with Crippen molar-refractivity contribution in [2.24, 2.45) is 0 Å². The Labute approximate surface area is 195 Å². The molecule has 1 heterocycles. The van der Waals surface area contributed by atoms with Crippen LogP contribution in [-0.4, -0.2) is 11.8 Å². The smallest absolute Gasteiger partial charge is 0.282 e. The molecule has 0 saturated heterocycles. The monoisotopic (exact) mass is 438 g/mol. The molecule has 168 valence electrons. The first-order valence-corrected chi connectivity index (χ1v) is 11.2. The minimum Gasteiger partial charge on any atom is -0.350 e. The van der Waals surface area contributed by atoms with Gasteiger partial charge in [-0.1, -0.05) is 68.8 Å². The second kappa shape index (κ2) is 8.36. The highest BCUT2D eigenvalue weighted by molar-refractivity contribution is 6.46. The summed E-state index contributed by atoms with van der Waals surface area (Å²) >= 11 is 0. The molecule has 33 heavy (non-hydrogen) atoms. The number of aryl methyl sites for hydroxylation is 3. The standard InChI is InChI=1S/C29H30N2O2/c1-18-8-7-9-23(17-18)31-27(32)25(24-15-10-19(2)16-20(24)3)26(28(31)33)30-22-13-11-21(12-14-22)29(4,5)6/h7-17,30H,1-6H3. The summed E-state index contributed by atoms with van der Waals surface area (Å²) in [7, 11) is 0. The van der Waals surface area contributed by atoms with Crippen LogP contribution in [0.1, 0.15) is 48.6 Å². The normalized spacial score (nSPS) is 14.3. The van der Waals surface area contributed by atoms with Crippen molar-refractivity contribution in [3.63, 3.8) is 0 Å². The zero-order chi connectivity index (χ0) is 23.9. The second-order valence-corrected chi connectivity index (χ2v) is 9.81. The summed E-state index contributed by atoms with van der Waals surface area (Å²) in [6.45, 7) is 12.4. The average Bonchev–Trinajstić information content (AvgIpc) is 2.97. The van der Waals surface area contributed by atoms with Crippen LogP contribution in [0, 0.1) is 20.8 Å². The summed E-state index contributed by atoms with van der Waals surface area (Å²) in [6.07, 6.45) is 0. The maximum absolute atomic E-state index is 13.7. The average molecular weight is 439 g/mol. The summed E-state index contributed by atoms with van der Waals surface area (Å²) in [4.78, 5) is 28.5. The number of anilines is 2. The van der Waals surface area contributed by atoms with Crippen LogP contribution in [0.2, 0.25) is 0 Å². The zero-order valence-corrected chi connectivity index (χ0v) is 20.1. The number of hydrogen-bond acceptors (Lipinski definition) is 3. The predicted octanol–water partition coefficient (Wildman–Crippen LogP) is 6.31. The van der Waals surface area contributed by atoms with Crippen molar-refractivity contribution < 1.29 is 9.59 Å². The van der Waals surface area contributed by atoms with E-state index in [-0.39, 0.29) is 17.2 Å². The van der Waals surface area contributed by atoms with Crippen LogP contribution in [0.15, 0.2) is 72.4 Å². The fourth-order valence-electron chi connectivity index (χ4n) is 4.19. The number of imide groups is 1. The summed E-state index contributed by atoms with van der Waals surface area (Å²) < 4.78 is 0. The molecule has 0 aliphatic carbocycles. The van der Waals surface area contributed by atoms with Gasteiger partial charge in [0.2, 0.25) is 0 Å². The Morgan fingerprint density at radius 3 is 2.03 bits per heavy atom. The van der Waals surface area contributed by atoms with Gasteiger partial charge in [0.1, 0.15) is 5.70 Å². The van der Waals surface area contributed by atoms with E-state index in [1.54, 1.807) is 6.07 Å². The van der Waals surface area contributed by atoms with Gasteiger partial charge in [0.15, 0.2) is 0 Å². The molecular formula is C29H30N2O2. The van der Waals surface area contributed by atoms with Gasteiger partial charge in [0, 0.05) is 5.69 Å². The molecule has 3 aromatic rings. The molecule has 4 nitrogen and oxygen atoms in total. The third-order valence-corrected chi connectivity index (χ3v) is 6.02. The van der Waals surface area contributed by atoms with E-state index in [2.05, 4.69) is 38.2 Å². The third-order valence-electron chi connectivity index (χ3n) is 6.02. The summed E-state index contributed by atoms with van der Waals surface area (Å²) in [5, 5.41) is 3.27. The first-order valence-electron chi connectivity index (χ1n) is 11.2. The van der Waals surface area contributed by atoms with Gasteiger partial charge in [0.25, 0.3) is 11.8 Å². The summed E-state index contributed by atoms with van der Waals surface area (Å²) in [5.41, 5.74) is 7.10. The first kappa shape index (κ1) is 22.5. The number of nitrogens with one attached hydrogen (secondary N) is 1. The number of hydrogen-bond donors (Lipinski definition) is 1. The summed E-state index contributed by atoms with van der Waals surface area (Å²) in [5.74, 6) is -0.660. The quantitative estimate of drug-likeness (QED) is 0.486. The van der Waals surface area contributed by atoms with Gasteiger partial charge in [-0.25, -0.2) is 4.90 Å². The summed E-state index contributed by atoms with van der Waals surface area (Å²) in [6, 6.07) is 21.4. The van der Waals surface area contributed by atoms with Gasteiger partial charge in [-0.05, 0) is 72.7 Å². The van der Waals surface area contributed by atoms with Crippen molar-refractivity contribution in [3.05, 3.63) is 100 Å². The molecule has 0 atom stereocenters. The fourth-order valence-corrected chi connectivity index (χ4v) is 4.19. The van der Waals surface area contributed by atoms with Gasteiger partial charge in [0.05, 0.1) is 11.3 Å². The van der Waals surface area contributed by atoms with E-state index in [4.69, 9.17) is 0 Å². The molecule has 3 aromatic carbocycles. The molecule has 4 heteroatoms. The molecule has 0 fully saturated rings. The molecule has 0 saturated carbocycles. The van der Waals surface area contributed by atoms with Gasteiger partial charge in [-0.15, -0.1) is 0 Å². The molecule has 0 bridgehead atoms. The molecular weight excluding hydrogens is 408 g/mol. The maximum Gasteiger partial charge on any atom is 0.282 e. The Bertz CT molecular complexity index is 1280. The minimum absolute atomic E-state index is 0.0308. The van der Waals surface area contributed by atoms with Crippen LogP contribution >= 0.6 is 0 Å². The second-order valence-electron chi connectivity index (χ2n) is 9.81. The van der Waals surface area contributed by atoms with Gasteiger partial charge in [-0.2, -0.15) is 0 Å². The minimum atomic E-state index is -0.347. The Balaban J connectivity index is 1.82. The highest BCUT2D eigenvalue weighted by Crippen LogP contribution is 2.35. The Hall–Kier alpha value is -3.66. The van der Waals surface area contributed by atoms with Crippen molar-refractivity contribution in [2.45, 2.75) is 47.0 Å². The Morgan fingerprint density at radius 1 is 0.758 bits per heavy atom. The number of nitrogens with zero attached hydrogens (tertiary/aromatic N) is 1. The van der Waals surface area contributed by atoms with Crippen LogP contribution in [0.4, 0.5) is 11.4 Å². The van der Waals surface area contributed by atoms with Crippen molar-refractivity contribution in [1.29, 1.82) is 0 Å². The van der Waals surface area contributed by atoms with Crippen LogP contribution in [0.5, 0.6) is 0 Å².